The molecule has 5 N–H and O–H groups in total. The van der Waals surface area contributed by atoms with E-state index in [9.17, 15) is 14.4 Å². The smallest absolute Gasteiger partial charge is 0.270 e. The minimum absolute atomic E-state index is 0.0470. The van der Waals surface area contributed by atoms with E-state index in [1.807, 2.05) is 23.6 Å². The summed E-state index contributed by atoms with van der Waals surface area (Å²) in [4.78, 5) is 41.3. The molecule has 1 aliphatic heterocycles. The lowest BCUT2D eigenvalue weighted by atomic mass is 10.1. The van der Waals surface area contributed by atoms with Gasteiger partial charge in [0, 0.05) is 24.6 Å². The molecule has 10 nitrogen and oxygen atoms in total. The molecule has 12 heteroatoms. The highest BCUT2D eigenvalue weighted by Gasteiger charge is 2.36. The lowest BCUT2D eigenvalue weighted by Gasteiger charge is -2.30. The molecule has 1 saturated heterocycles. The molecule has 2 aromatic heterocycles. The van der Waals surface area contributed by atoms with E-state index in [4.69, 9.17) is 20.9 Å². The van der Waals surface area contributed by atoms with Gasteiger partial charge in [0.15, 0.2) is 5.69 Å². The van der Waals surface area contributed by atoms with E-state index >= 15 is 0 Å². The number of nitrogen functional groups attached to an aromatic ring is 1. The van der Waals surface area contributed by atoms with Crippen molar-refractivity contribution in [3.8, 4) is 5.75 Å². The van der Waals surface area contributed by atoms with Crippen LogP contribution in [0.5, 0.6) is 5.75 Å². The Bertz CT molecular complexity index is 1210. The molecular weight excluding hydrogens is 502 g/mol. The van der Waals surface area contributed by atoms with E-state index in [2.05, 4.69) is 9.69 Å². The predicted molar refractivity (Wildman–Crippen MR) is 137 cm³/mol. The summed E-state index contributed by atoms with van der Waals surface area (Å²) in [6, 6.07) is 9.88. The summed E-state index contributed by atoms with van der Waals surface area (Å²) in [5, 5.41) is 4.80. The average Bonchev–Trinajstić information content (AvgIpc) is 3.65. The molecule has 36 heavy (non-hydrogen) atoms. The molecule has 0 saturated carbocycles. The molecule has 2 unspecified atom stereocenters. The van der Waals surface area contributed by atoms with Crippen LogP contribution >= 0.6 is 22.9 Å². The predicted octanol–water partition coefficient (Wildman–Crippen LogP) is 2.57. The molecule has 1 fully saturated rings. The van der Waals surface area contributed by atoms with Crippen molar-refractivity contribution in [1.29, 1.82) is 0 Å². The van der Waals surface area contributed by atoms with Crippen LogP contribution in [0.3, 0.4) is 0 Å². The number of primary amides is 1. The van der Waals surface area contributed by atoms with Crippen LogP contribution in [0, 0.1) is 0 Å². The molecule has 3 amide bonds. The lowest BCUT2D eigenvalue weighted by Crippen LogP contribution is -2.44. The number of carbonyl (C=O) groups excluding carboxylic acids is 3. The monoisotopic (exact) mass is 529 g/mol. The first kappa shape index (κ1) is 25.6. The third kappa shape index (κ3) is 5.66. The quantitative estimate of drug-likeness (QED) is 0.365. The summed E-state index contributed by atoms with van der Waals surface area (Å²) in [7, 11) is 1.57. The summed E-state index contributed by atoms with van der Waals surface area (Å²) < 4.78 is 14.8. The number of benzene rings is 1. The molecule has 3 heterocycles. The van der Waals surface area contributed by atoms with Crippen molar-refractivity contribution in [3.05, 3.63) is 62.8 Å². The van der Waals surface area contributed by atoms with Crippen LogP contribution in [0.15, 0.2) is 41.8 Å². The number of thiophene rings is 1. The van der Waals surface area contributed by atoms with Gasteiger partial charge in [0.2, 0.25) is 5.91 Å². The maximum absolute atomic E-state index is 13.9. The summed E-state index contributed by atoms with van der Waals surface area (Å²) in [5.41, 5.74) is 11.9. The van der Waals surface area contributed by atoms with Gasteiger partial charge in [-0.25, -0.2) is 0 Å². The second-order valence-corrected chi connectivity index (χ2v) is 9.97. The summed E-state index contributed by atoms with van der Waals surface area (Å²) >= 11 is 2.15. The van der Waals surface area contributed by atoms with E-state index < -0.39 is 17.9 Å². The van der Waals surface area contributed by atoms with Crippen LogP contribution in [0.4, 0.5) is 5.69 Å². The normalized spacial score (nSPS) is 15.9. The maximum atomic E-state index is 13.9. The van der Waals surface area contributed by atoms with Crippen molar-refractivity contribution >= 4 is 46.3 Å². The van der Waals surface area contributed by atoms with E-state index in [0.29, 0.717) is 23.8 Å². The van der Waals surface area contributed by atoms with Gasteiger partial charge < -0.3 is 31.2 Å². The second kappa shape index (κ2) is 11.5. The zero-order valence-corrected chi connectivity index (χ0v) is 21.3. The number of rotatable bonds is 10. The Morgan fingerprint density at radius 3 is 2.64 bits per heavy atom. The average molecular weight is 530 g/mol. The summed E-state index contributed by atoms with van der Waals surface area (Å²) in [5.74, 6) is -1.03. The zero-order chi connectivity index (χ0) is 25.7. The van der Waals surface area contributed by atoms with Gasteiger partial charge in [-0.2, -0.15) is 4.37 Å². The van der Waals surface area contributed by atoms with Crippen molar-refractivity contribution in [2.24, 2.45) is 5.73 Å². The lowest BCUT2D eigenvalue weighted by molar-refractivity contribution is -0.126. The number of methoxy groups -OCH3 is 1. The van der Waals surface area contributed by atoms with Gasteiger partial charge in [-0.1, -0.05) is 18.2 Å². The van der Waals surface area contributed by atoms with Crippen molar-refractivity contribution in [1.82, 2.24) is 14.6 Å². The van der Waals surface area contributed by atoms with E-state index in [1.165, 1.54) is 16.2 Å². The third-order valence-electron chi connectivity index (χ3n) is 5.83. The standard InChI is InChI=1S/C24H27N5O5S2/c1-33-15-8-6-14(7-9-15)13-29(24(32)21-18(25)19(22(26)30)28-36-21)20(17-5-3-11-35-17)23(31)27-12-16-4-2-10-34-16/h3,5-9,11,16,20H,2,4,10,12-13,25H2,1H3,(H2,26,30)(H,27,31). The molecule has 0 radical (unpaired) electrons. The Hall–Kier alpha value is -3.48. The number of hydrogen-bond acceptors (Lipinski definition) is 9. The Labute approximate surface area is 216 Å². The number of nitrogens with one attached hydrogen (secondary N) is 1. The molecule has 1 aromatic carbocycles. The number of hydrogen-bond donors (Lipinski definition) is 3. The first-order valence-electron chi connectivity index (χ1n) is 11.3. The fourth-order valence-electron chi connectivity index (χ4n) is 3.96. The highest BCUT2D eigenvalue weighted by atomic mass is 32.1. The van der Waals surface area contributed by atoms with Crippen LogP contribution in [0.2, 0.25) is 0 Å². The van der Waals surface area contributed by atoms with Gasteiger partial charge in [0.05, 0.1) is 18.9 Å². The minimum Gasteiger partial charge on any atom is -0.497 e. The highest BCUT2D eigenvalue weighted by molar-refractivity contribution is 7.10. The van der Waals surface area contributed by atoms with Crippen LogP contribution in [0.1, 0.15) is 49.5 Å². The highest BCUT2D eigenvalue weighted by Crippen LogP contribution is 2.32. The van der Waals surface area contributed by atoms with Crippen LogP contribution < -0.4 is 21.5 Å². The largest absolute Gasteiger partial charge is 0.497 e. The van der Waals surface area contributed by atoms with Gasteiger partial charge in [-0.3, -0.25) is 14.4 Å². The van der Waals surface area contributed by atoms with Crippen molar-refractivity contribution < 1.29 is 23.9 Å². The molecular formula is C24H27N5O5S2. The molecule has 0 bridgehead atoms. The number of carbonyl (C=O) groups is 3. The maximum Gasteiger partial charge on any atom is 0.270 e. The van der Waals surface area contributed by atoms with Crippen molar-refractivity contribution in [2.75, 3.05) is 26.0 Å². The number of ether oxygens (including phenoxy) is 2. The Morgan fingerprint density at radius 2 is 2.06 bits per heavy atom. The third-order valence-corrected chi connectivity index (χ3v) is 7.60. The van der Waals surface area contributed by atoms with Crippen LogP contribution in [-0.4, -0.2) is 53.4 Å². The molecule has 0 spiro atoms. The van der Waals surface area contributed by atoms with E-state index in [-0.39, 0.29) is 34.8 Å². The van der Waals surface area contributed by atoms with Crippen LogP contribution in [0.25, 0.3) is 0 Å². The molecule has 190 valence electrons. The van der Waals surface area contributed by atoms with Crippen LogP contribution in [-0.2, 0) is 16.1 Å². The fourth-order valence-corrected chi connectivity index (χ4v) is 5.55. The molecule has 0 aliphatic carbocycles. The van der Waals surface area contributed by atoms with Gasteiger partial charge in [0.1, 0.15) is 16.7 Å². The second-order valence-electron chi connectivity index (χ2n) is 8.22. The number of nitrogens with two attached hydrogens (primary N) is 2. The molecule has 1 aliphatic rings. The van der Waals surface area contributed by atoms with Crippen molar-refractivity contribution in [3.63, 3.8) is 0 Å². The molecule has 2 atom stereocenters. The molecule has 3 aromatic rings. The molecule has 4 rings (SSSR count). The Kier molecular flexibility index (Phi) is 8.18. The Balaban J connectivity index is 1.70. The Morgan fingerprint density at radius 1 is 1.28 bits per heavy atom. The van der Waals surface area contributed by atoms with Crippen molar-refractivity contribution in [2.45, 2.75) is 31.5 Å². The zero-order valence-electron chi connectivity index (χ0n) is 19.6. The van der Waals surface area contributed by atoms with Gasteiger partial charge in [-0.15, -0.1) is 11.3 Å². The number of anilines is 1. The summed E-state index contributed by atoms with van der Waals surface area (Å²) in [6.45, 7) is 1.12. The van der Waals surface area contributed by atoms with Gasteiger partial charge >= 0.3 is 0 Å². The summed E-state index contributed by atoms with van der Waals surface area (Å²) in [6.07, 6.45) is 1.76. The minimum atomic E-state index is -0.945. The SMILES string of the molecule is COc1ccc(CN(C(=O)c2snc(C(N)=O)c2N)C(C(=O)NCC2CCCO2)c2cccs2)cc1. The van der Waals surface area contributed by atoms with Gasteiger partial charge in [-0.05, 0) is 53.5 Å². The van der Waals surface area contributed by atoms with E-state index in [0.717, 1.165) is 29.9 Å². The first-order chi connectivity index (χ1) is 17.4. The number of nitrogens with zero attached hydrogens (tertiary/aromatic N) is 2. The number of amides is 3. The topological polar surface area (TPSA) is 150 Å². The fraction of sp³-hybridized carbons (Fsp3) is 0.333. The number of aromatic nitrogens is 1. The first-order valence-corrected chi connectivity index (χ1v) is 13.0. The van der Waals surface area contributed by atoms with E-state index in [1.54, 1.807) is 25.3 Å². The van der Waals surface area contributed by atoms with Gasteiger partial charge in [0.25, 0.3) is 11.8 Å².